The van der Waals surface area contributed by atoms with Crippen LogP contribution in [0.3, 0.4) is 0 Å². The minimum absolute atomic E-state index is 0.482. The Labute approximate surface area is 462 Å². The Kier molecular flexibility index (Phi) is 11.1. The van der Waals surface area contributed by atoms with Gasteiger partial charge in [-0.1, -0.05) is 232 Å². The lowest BCUT2D eigenvalue weighted by atomic mass is 9.70. The minimum Gasteiger partial charge on any atom is -0.309 e. The maximum atomic E-state index is 2.52. The van der Waals surface area contributed by atoms with Crippen molar-refractivity contribution in [2.75, 3.05) is 4.90 Å². The van der Waals surface area contributed by atoms with E-state index in [0.29, 0.717) is 0 Å². The molecule has 2 heteroatoms. The van der Waals surface area contributed by atoms with Gasteiger partial charge in [0.25, 0.3) is 0 Å². The van der Waals surface area contributed by atoms with Crippen LogP contribution in [0.25, 0.3) is 94.3 Å². The molecule has 1 heterocycles. The number of rotatable bonds is 10. The van der Waals surface area contributed by atoms with E-state index in [1.165, 1.54) is 99.8 Å². The highest BCUT2D eigenvalue weighted by Gasteiger charge is 2.51. The lowest BCUT2D eigenvalue weighted by Crippen LogP contribution is -2.26. The molecule has 79 heavy (non-hydrogen) atoms. The highest BCUT2D eigenvalue weighted by molar-refractivity contribution is 6.10. The zero-order chi connectivity index (χ0) is 52.6. The third-order valence-corrected chi connectivity index (χ3v) is 17.2. The molecule has 0 amide bonds. The summed E-state index contributed by atoms with van der Waals surface area (Å²) in [7, 11) is 0. The van der Waals surface area contributed by atoms with Crippen molar-refractivity contribution in [3.8, 4) is 72.4 Å². The molecule has 15 rings (SSSR count). The van der Waals surface area contributed by atoms with Crippen molar-refractivity contribution in [2.24, 2.45) is 0 Å². The second-order valence-corrected chi connectivity index (χ2v) is 21.3. The molecule has 0 aliphatic heterocycles. The number of para-hydroxylation sites is 1. The summed E-state index contributed by atoms with van der Waals surface area (Å²) in [6, 6.07) is 104. The van der Waals surface area contributed by atoms with Gasteiger partial charge >= 0.3 is 0 Å². The van der Waals surface area contributed by atoms with Crippen LogP contribution in [-0.4, -0.2) is 4.57 Å². The largest absolute Gasteiger partial charge is 0.309 e. The maximum absolute atomic E-state index is 2.52. The normalized spacial score (nSPS) is 12.6. The van der Waals surface area contributed by atoms with Crippen LogP contribution < -0.4 is 4.90 Å². The molecule has 1 aromatic heterocycles. The molecular weight excluding hydrogens is 953 g/mol. The summed E-state index contributed by atoms with van der Waals surface area (Å²) >= 11 is 0. The van der Waals surface area contributed by atoms with Crippen LogP contribution in [0.1, 0.15) is 47.2 Å². The molecule has 0 radical (unpaired) electrons. The lowest BCUT2D eigenvalue weighted by Gasteiger charge is -2.33. The molecule has 2 nitrogen and oxygen atoms in total. The molecule has 12 aromatic carbocycles. The van der Waals surface area contributed by atoms with Gasteiger partial charge in [-0.15, -0.1) is 0 Å². The summed E-state index contributed by atoms with van der Waals surface area (Å²) in [5.41, 5.74) is 29.1. The van der Waals surface area contributed by atoms with E-state index in [-0.39, 0.29) is 0 Å². The van der Waals surface area contributed by atoms with Crippen molar-refractivity contribution < 1.29 is 0 Å². The summed E-state index contributed by atoms with van der Waals surface area (Å²) in [5, 5.41) is 2.65. The number of aromatic nitrogens is 1. The van der Waals surface area contributed by atoms with Gasteiger partial charge in [-0.3, -0.25) is 0 Å². The van der Waals surface area contributed by atoms with Crippen LogP contribution in [0, 0.1) is 0 Å². The van der Waals surface area contributed by atoms with Gasteiger partial charge in [0, 0.05) is 39.0 Å². The highest BCUT2D eigenvalue weighted by atomic mass is 15.1. The second-order valence-electron chi connectivity index (χ2n) is 21.3. The summed E-state index contributed by atoms with van der Waals surface area (Å²) in [6.07, 6.45) is 2.04. The molecule has 0 atom stereocenters. The van der Waals surface area contributed by atoms with E-state index in [1.807, 2.05) is 0 Å². The number of aryl methyl sites for hydroxylation is 2. The van der Waals surface area contributed by atoms with Crippen LogP contribution in [0.2, 0.25) is 0 Å². The number of nitrogens with zero attached hydrogens (tertiary/aromatic N) is 2. The fraction of sp³-hybridized carbons (Fsp3) is 0.0649. The van der Waals surface area contributed by atoms with Crippen molar-refractivity contribution >= 4 is 38.9 Å². The molecule has 13 aromatic rings. The zero-order valence-electron chi connectivity index (χ0n) is 44.4. The Morgan fingerprint density at radius 1 is 0.304 bits per heavy atom. The van der Waals surface area contributed by atoms with E-state index < -0.39 is 5.41 Å². The van der Waals surface area contributed by atoms with E-state index in [2.05, 4.69) is 302 Å². The summed E-state index contributed by atoms with van der Waals surface area (Å²) < 4.78 is 2.43. The third-order valence-electron chi connectivity index (χ3n) is 17.2. The fourth-order valence-electron chi connectivity index (χ4n) is 13.4. The predicted octanol–water partition coefficient (Wildman–Crippen LogP) is 20.4. The molecule has 374 valence electrons. The predicted molar refractivity (Wildman–Crippen MR) is 332 cm³/mol. The van der Waals surface area contributed by atoms with Gasteiger partial charge in [0.2, 0.25) is 0 Å². The van der Waals surface area contributed by atoms with Crippen LogP contribution in [0.4, 0.5) is 17.1 Å². The third kappa shape index (κ3) is 7.32. The minimum atomic E-state index is -0.482. The van der Waals surface area contributed by atoms with Crippen molar-refractivity contribution in [1.29, 1.82) is 0 Å². The molecule has 2 aliphatic carbocycles. The van der Waals surface area contributed by atoms with Crippen molar-refractivity contribution in [3.05, 3.63) is 312 Å². The summed E-state index contributed by atoms with van der Waals surface area (Å²) in [6.45, 7) is 4.47. The first-order valence-electron chi connectivity index (χ1n) is 27.9. The topological polar surface area (TPSA) is 8.17 Å². The first-order valence-corrected chi connectivity index (χ1v) is 27.9. The number of hydrogen-bond acceptors (Lipinski definition) is 1. The van der Waals surface area contributed by atoms with Crippen molar-refractivity contribution in [1.82, 2.24) is 4.57 Å². The van der Waals surface area contributed by atoms with Crippen molar-refractivity contribution in [2.45, 2.75) is 32.1 Å². The molecule has 0 fully saturated rings. The average Bonchev–Trinajstić information content (AvgIpc) is 2.59. The quantitative estimate of drug-likeness (QED) is 0.133. The Hall–Kier alpha value is -9.76. The van der Waals surface area contributed by atoms with Gasteiger partial charge in [0.1, 0.15) is 0 Å². The van der Waals surface area contributed by atoms with E-state index in [9.17, 15) is 0 Å². The molecule has 0 N–H and O–H groups in total. The Morgan fingerprint density at radius 3 is 1.16 bits per heavy atom. The van der Waals surface area contributed by atoms with Crippen LogP contribution in [0.15, 0.2) is 279 Å². The first-order chi connectivity index (χ1) is 39.1. The number of benzene rings is 12. The molecule has 0 unspecified atom stereocenters. The summed E-state index contributed by atoms with van der Waals surface area (Å²) in [5.74, 6) is 0. The summed E-state index contributed by atoms with van der Waals surface area (Å²) in [4.78, 5) is 2.52. The Balaban J connectivity index is 0.842. The maximum Gasteiger partial charge on any atom is 0.0726 e. The zero-order valence-corrected chi connectivity index (χ0v) is 44.4. The molecule has 0 bridgehead atoms. The molecule has 0 saturated carbocycles. The average molecular weight is 1010 g/mol. The second kappa shape index (κ2) is 18.8. The van der Waals surface area contributed by atoms with Gasteiger partial charge in [0.05, 0.1) is 22.1 Å². The molecule has 1 spiro atoms. The van der Waals surface area contributed by atoms with Gasteiger partial charge in [0.15, 0.2) is 0 Å². The van der Waals surface area contributed by atoms with Crippen molar-refractivity contribution in [3.63, 3.8) is 0 Å². The van der Waals surface area contributed by atoms with E-state index in [0.717, 1.165) is 57.7 Å². The number of fused-ring (bicyclic) bond motifs is 13. The fourth-order valence-corrected chi connectivity index (χ4v) is 13.4. The van der Waals surface area contributed by atoms with E-state index >= 15 is 0 Å². The molecule has 0 saturated heterocycles. The van der Waals surface area contributed by atoms with Crippen LogP contribution >= 0.6 is 0 Å². The van der Waals surface area contributed by atoms with Gasteiger partial charge < -0.3 is 9.47 Å². The molecule has 2 aliphatic rings. The van der Waals surface area contributed by atoms with Gasteiger partial charge in [-0.2, -0.15) is 0 Å². The van der Waals surface area contributed by atoms with Gasteiger partial charge in [-0.05, 0) is 163 Å². The van der Waals surface area contributed by atoms with Crippen LogP contribution in [0.5, 0.6) is 0 Å². The number of anilines is 3. The van der Waals surface area contributed by atoms with E-state index in [1.54, 1.807) is 0 Å². The van der Waals surface area contributed by atoms with Crippen LogP contribution in [-0.2, 0) is 18.3 Å². The Morgan fingerprint density at radius 2 is 0.696 bits per heavy atom. The molecular formula is C77H56N2. The lowest BCUT2D eigenvalue weighted by molar-refractivity contribution is 0.793. The number of hydrogen-bond donors (Lipinski definition) is 0. The SMILES string of the molecule is CCc1ccc2c(c1)c1cc(CC)ccc1n2-c1ccc(-c2ccc(-c3ccc(N(c4ccc5c(c4)C4(c6ccccc6-c6ccccc64)c4ccccc4-5)c4c(-c5ccccc5)cccc4-c4ccccc4)cc3)cc2)cc1. The Bertz CT molecular complexity index is 4290. The van der Waals surface area contributed by atoms with Gasteiger partial charge in [-0.25, -0.2) is 0 Å². The smallest absolute Gasteiger partial charge is 0.0726 e. The standard InChI is InChI=1S/C77H56N2/c1-3-51-30-46-74-68(48-51)69-49-52(4-2)31-47-75(69)79(74)60-42-38-56(39-43-60)54-34-32-53(33-35-54)55-36-40-59(41-37-55)78(76-62(57-18-7-5-8-19-57)25-17-26-63(76)58-20-9-6-10-21-58)61-44-45-67-66-24-13-16-29-72(66)77(73(67)50-61)70-27-14-11-22-64(70)65-23-12-15-28-71(65)77/h5-50H,3-4H2,1-2H3. The monoisotopic (exact) mass is 1010 g/mol. The first kappa shape index (κ1) is 46.5. The highest BCUT2D eigenvalue weighted by Crippen LogP contribution is 2.63. The van der Waals surface area contributed by atoms with E-state index in [4.69, 9.17) is 0 Å².